The Morgan fingerprint density at radius 3 is 2.78 bits per heavy atom. The highest BCUT2D eigenvalue weighted by molar-refractivity contribution is 6.10. The van der Waals surface area contributed by atoms with Crippen LogP contribution in [0.2, 0.25) is 0 Å². The number of carbonyl (C=O) groups excluding carboxylic acids is 1. The van der Waals surface area contributed by atoms with Crippen molar-refractivity contribution < 1.29 is 4.79 Å². The number of nitrogens with zero attached hydrogens (tertiary/aromatic N) is 2. The van der Waals surface area contributed by atoms with Gasteiger partial charge < -0.3 is 0 Å². The van der Waals surface area contributed by atoms with Crippen molar-refractivity contribution in [3.05, 3.63) is 11.3 Å². The summed E-state index contributed by atoms with van der Waals surface area (Å²) in [6.45, 7) is 8.40. The van der Waals surface area contributed by atoms with Crippen LogP contribution in [-0.4, -0.2) is 21.7 Å². The summed E-state index contributed by atoms with van der Waals surface area (Å²) >= 11 is 0. The molecule has 1 saturated carbocycles. The second-order valence-corrected chi connectivity index (χ2v) is 6.44. The van der Waals surface area contributed by atoms with Crippen molar-refractivity contribution in [1.82, 2.24) is 10.2 Å². The fraction of sp³-hybridized carbons (Fsp3) is 0.643. The van der Waals surface area contributed by atoms with Crippen LogP contribution < -0.4 is 0 Å². The number of hydrogen-bond donors (Lipinski definition) is 1. The number of rotatable bonds is 0. The highest BCUT2D eigenvalue weighted by Crippen LogP contribution is 2.46. The lowest BCUT2D eigenvalue weighted by molar-refractivity contribution is -0.124. The maximum atomic E-state index is 12.4. The van der Waals surface area contributed by atoms with E-state index in [-0.39, 0.29) is 17.3 Å². The molecule has 3 rings (SSSR count). The summed E-state index contributed by atoms with van der Waals surface area (Å²) in [5, 5.41) is 7.23. The summed E-state index contributed by atoms with van der Waals surface area (Å²) in [4.78, 5) is 17.0. The van der Waals surface area contributed by atoms with Gasteiger partial charge >= 0.3 is 0 Å². The molecule has 1 aromatic rings. The zero-order chi connectivity index (χ0) is 13.1. The second-order valence-electron chi connectivity index (χ2n) is 6.44. The van der Waals surface area contributed by atoms with Crippen LogP contribution in [0.1, 0.15) is 50.8 Å². The SMILES string of the molecule is Cc1[nH]nc2c1C(C)C1C(=O)CC(C)(C)CC1=N2. The average molecular weight is 245 g/mol. The Bertz CT molecular complexity index is 553. The van der Waals surface area contributed by atoms with E-state index >= 15 is 0 Å². The lowest BCUT2D eigenvalue weighted by Gasteiger charge is -2.38. The van der Waals surface area contributed by atoms with Crippen LogP contribution in [0.15, 0.2) is 4.99 Å². The highest BCUT2D eigenvalue weighted by atomic mass is 16.1. The quantitative estimate of drug-likeness (QED) is 0.764. The largest absolute Gasteiger partial charge is 0.299 e. The van der Waals surface area contributed by atoms with Gasteiger partial charge in [0.1, 0.15) is 5.78 Å². The van der Waals surface area contributed by atoms with E-state index in [1.54, 1.807) is 0 Å². The molecule has 2 heterocycles. The Morgan fingerprint density at radius 2 is 2.06 bits per heavy atom. The molecular formula is C14H19N3O. The molecule has 2 atom stereocenters. The van der Waals surface area contributed by atoms with Gasteiger partial charge in [0, 0.05) is 29.3 Å². The second kappa shape index (κ2) is 3.53. The summed E-state index contributed by atoms with van der Waals surface area (Å²) in [6.07, 6.45) is 1.56. The molecule has 1 aromatic heterocycles. The zero-order valence-corrected chi connectivity index (χ0v) is 11.4. The van der Waals surface area contributed by atoms with Crippen molar-refractivity contribution >= 4 is 17.3 Å². The van der Waals surface area contributed by atoms with Crippen LogP contribution in [0.25, 0.3) is 0 Å². The molecule has 96 valence electrons. The van der Waals surface area contributed by atoms with Crippen LogP contribution in [0.3, 0.4) is 0 Å². The zero-order valence-electron chi connectivity index (χ0n) is 11.4. The van der Waals surface area contributed by atoms with Crippen LogP contribution in [0, 0.1) is 18.3 Å². The average Bonchev–Trinajstić information content (AvgIpc) is 2.57. The Hall–Kier alpha value is -1.45. The number of aromatic amines is 1. The Labute approximate surface area is 107 Å². The van der Waals surface area contributed by atoms with E-state index in [4.69, 9.17) is 0 Å². The van der Waals surface area contributed by atoms with Gasteiger partial charge in [0.25, 0.3) is 0 Å². The number of fused-ring (bicyclic) bond motifs is 2. The molecule has 0 aromatic carbocycles. The van der Waals surface area contributed by atoms with Crippen LogP contribution >= 0.6 is 0 Å². The van der Waals surface area contributed by atoms with E-state index < -0.39 is 0 Å². The molecule has 0 spiro atoms. The fourth-order valence-corrected chi connectivity index (χ4v) is 3.46. The molecule has 1 N–H and O–H groups in total. The third kappa shape index (κ3) is 1.55. The molecule has 1 aliphatic heterocycles. The smallest absolute Gasteiger partial charge is 0.177 e. The number of H-pyrrole nitrogens is 1. The molecule has 18 heavy (non-hydrogen) atoms. The summed E-state index contributed by atoms with van der Waals surface area (Å²) < 4.78 is 0. The third-order valence-electron chi connectivity index (χ3n) is 4.20. The number of Topliss-reactive ketones (excluding diaryl/α,β-unsaturated/α-hetero) is 1. The van der Waals surface area contributed by atoms with Gasteiger partial charge in [-0.1, -0.05) is 20.8 Å². The van der Waals surface area contributed by atoms with Gasteiger partial charge in [0.05, 0.1) is 5.92 Å². The number of hydrogen-bond acceptors (Lipinski definition) is 3. The van der Waals surface area contributed by atoms with Crippen molar-refractivity contribution in [2.24, 2.45) is 16.3 Å². The maximum absolute atomic E-state index is 12.4. The molecule has 1 fully saturated rings. The first-order valence-electron chi connectivity index (χ1n) is 6.54. The fourth-order valence-electron chi connectivity index (χ4n) is 3.46. The van der Waals surface area contributed by atoms with Crippen LogP contribution in [-0.2, 0) is 4.79 Å². The number of ketones is 1. The van der Waals surface area contributed by atoms with Crippen LogP contribution in [0.5, 0.6) is 0 Å². The first kappa shape index (κ1) is 11.6. The van der Waals surface area contributed by atoms with Crippen molar-refractivity contribution in [3.8, 4) is 0 Å². The maximum Gasteiger partial charge on any atom is 0.177 e. The predicted molar refractivity (Wildman–Crippen MR) is 70.3 cm³/mol. The highest BCUT2D eigenvalue weighted by Gasteiger charge is 2.44. The molecule has 0 radical (unpaired) electrons. The van der Waals surface area contributed by atoms with E-state index in [9.17, 15) is 4.79 Å². The number of aryl methyl sites for hydroxylation is 1. The molecule has 4 nitrogen and oxygen atoms in total. The number of aromatic nitrogens is 2. The van der Waals surface area contributed by atoms with Gasteiger partial charge in [-0.25, -0.2) is 4.99 Å². The summed E-state index contributed by atoms with van der Waals surface area (Å²) in [6, 6.07) is 0. The van der Waals surface area contributed by atoms with Crippen molar-refractivity contribution in [2.75, 3.05) is 0 Å². The summed E-state index contributed by atoms with van der Waals surface area (Å²) in [5.74, 6) is 1.30. The number of carbonyl (C=O) groups is 1. The minimum atomic E-state index is -0.0261. The van der Waals surface area contributed by atoms with E-state index in [0.29, 0.717) is 12.2 Å². The molecule has 1 aliphatic carbocycles. The minimum absolute atomic E-state index is 0.0261. The first-order chi connectivity index (χ1) is 8.39. The van der Waals surface area contributed by atoms with E-state index in [2.05, 4.69) is 36.0 Å². The van der Waals surface area contributed by atoms with E-state index in [1.807, 2.05) is 6.92 Å². The monoisotopic (exact) mass is 245 g/mol. The van der Waals surface area contributed by atoms with Gasteiger partial charge in [-0.15, -0.1) is 0 Å². The Morgan fingerprint density at radius 1 is 1.33 bits per heavy atom. The molecule has 0 bridgehead atoms. The normalized spacial score (nSPS) is 29.6. The summed E-state index contributed by atoms with van der Waals surface area (Å²) in [7, 11) is 0. The topological polar surface area (TPSA) is 58.1 Å². The van der Waals surface area contributed by atoms with Gasteiger partial charge in [-0.05, 0) is 18.8 Å². The Kier molecular flexibility index (Phi) is 2.28. The van der Waals surface area contributed by atoms with Gasteiger partial charge in [-0.2, -0.15) is 5.10 Å². The first-order valence-corrected chi connectivity index (χ1v) is 6.54. The predicted octanol–water partition coefficient (Wildman–Crippen LogP) is 2.91. The van der Waals surface area contributed by atoms with Crippen molar-refractivity contribution in [1.29, 1.82) is 0 Å². The lowest BCUT2D eigenvalue weighted by Crippen LogP contribution is -2.41. The summed E-state index contributed by atoms with van der Waals surface area (Å²) in [5.41, 5.74) is 3.23. The molecule has 0 saturated heterocycles. The van der Waals surface area contributed by atoms with Gasteiger partial charge in [0.2, 0.25) is 0 Å². The van der Waals surface area contributed by atoms with Gasteiger partial charge in [-0.3, -0.25) is 9.89 Å². The molecule has 2 unspecified atom stereocenters. The van der Waals surface area contributed by atoms with E-state index in [1.165, 1.54) is 0 Å². The standard InChI is InChI=1S/C14H19N3O/c1-7-11-8(2)16-17-13(11)15-9-5-14(3,4)6-10(18)12(7)9/h7,12H,5-6H2,1-4H3,(H,16,17). The number of nitrogens with one attached hydrogen (secondary N) is 1. The Balaban J connectivity index is 2.12. The molecular weight excluding hydrogens is 226 g/mol. The lowest BCUT2D eigenvalue weighted by atomic mass is 9.65. The molecule has 0 amide bonds. The van der Waals surface area contributed by atoms with Crippen molar-refractivity contribution in [3.63, 3.8) is 0 Å². The molecule has 2 aliphatic rings. The number of aliphatic imine (C=N–C) groups is 1. The van der Waals surface area contributed by atoms with Crippen LogP contribution in [0.4, 0.5) is 5.82 Å². The molecule has 4 heteroatoms. The van der Waals surface area contributed by atoms with E-state index in [0.717, 1.165) is 29.2 Å². The minimum Gasteiger partial charge on any atom is -0.299 e. The third-order valence-corrected chi connectivity index (χ3v) is 4.20. The van der Waals surface area contributed by atoms with Crippen molar-refractivity contribution in [2.45, 2.75) is 46.5 Å². The van der Waals surface area contributed by atoms with Gasteiger partial charge in [0.15, 0.2) is 5.82 Å².